The van der Waals surface area contributed by atoms with Gasteiger partial charge in [0.2, 0.25) is 0 Å². The van der Waals surface area contributed by atoms with Crippen molar-refractivity contribution in [1.29, 1.82) is 0 Å². The van der Waals surface area contributed by atoms with Gasteiger partial charge in [-0.25, -0.2) is 4.79 Å². The molecular formula is C24H27NO4. The summed E-state index contributed by atoms with van der Waals surface area (Å²) in [5.41, 5.74) is 5.47. The lowest BCUT2D eigenvalue weighted by molar-refractivity contribution is -0.110. The summed E-state index contributed by atoms with van der Waals surface area (Å²) in [6.45, 7) is 8.50. The monoisotopic (exact) mass is 393 g/mol. The molecule has 3 rings (SSSR count). The number of benzene rings is 2. The SMILES string of the molecule is COC(=O)c1ccc2c(c1)C(=Cc1cc(C(C)C)c(OC)c(C(C)C)c1)C(=O)N2. The third-order valence-electron chi connectivity index (χ3n) is 5.15. The van der Waals surface area contributed by atoms with Crippen LogP contribution in [0.1, 0.15) is 72.1 Å². The standard InChI is InChI=1S/C24H27NO4/c1-13(2)17-9-15(10-18(14(3)4)22(17)28-5)11-20-19-12-16(24(27)29-6)7-8-21(19)25-23(20)26/h7-14H,1-6H3,(H,25,26). The van der Waals surface area contributed by atoms with Crippen LogP contribution in [0.3, 0.4) is 0 Å². The number of hydrogen-bond donors (Lipinski definition) is 1. The van der Waals surface area contributed by atoms with Gasteiger partial charge in [0.05, 0.1) is 19.8 Å². The molecule has 5 nitrogen and oxygen atoms in total. The predicted octanol–water partition coefficient (Wildman–Crippen LogP) is 5.22. The van der Waals surface area contributed by atoms with Gasteiger partial charge >= 0.3 is 5.97 Å². The smallest absolute Gasteiger partial charge is 0.337 e. The molecule has 0 aromatic heterocycles. The van der Waals surface area contributed by atoms with Crippen molar-refractivity contribution >= 4 is 29.2 Å². The van der Waals surface area contributed by atoms with Crippen molar-refractivity contribution in [2.24, 2.45) is 0 Å². The van der Waals surface area contributed by atoms with E-state index in [0.29, 0.717) is 22.4 Å². The minimum absolute atomic E-state index is 0.185. The molecule has 0 atom stereocenters. The quantitative estimate of drug-likeness (QED) is 0.559. The van der Waals surface area contributed by atoms with E-state index in [9.17, 15) is 9.59 Å². The van der Waals surface area contributed by atoms with Crippen LogP contribution in [-0.4, -0.2) is 26.1 Å². The Bertz CT molecular complexity index is 973. The molecule has 2 aromatic carbocycles. The van der Waals surface area contributed by atoms with Crippen LogP contribution in [0, 0.1) is 0 Å². The topological polar surface area (TPSA) is 64.6 Å². The molecule has 0 spiro atoms. The second-order valence-corrected chi connectivity index (χ2v) is 7.81. The molecule has 0 radical (unpaired) electrons. The Morgan fingerprint density at radius 1 is 1.00 bits per heavy atom. The molecule has 1 heterocycles. The highest BCUT2D eigenvalue weighted by molar-refractivity contribution is 6.35. The first-order valence-electron chi connectivity index (χ1n) is 9.74. The second kappa shape index (κ2) is 8.11. The maximum absolute atomic E-state index is 12.6. The van der Waals surface area contributed by atoms with E-state index in [1.54, 1.807) is 25.3 Å². The molecular weight excluding hydrogens is 366 g/mol. The average Bonchev–Trinajstić information content (AvgIpc) is 3.00. The number of ether oxygens (including phenoxy) is 2. The van der Waals surface area contributed by atoms with Crippen molar-refractivity contribution < 1.29 is 19.1 Å². The van der Waals surface area contributed by atoms with Crippen molar-refractivity contribution in [1.82, 2.24) is 0 Å². The van der Waals surface area contributed by atoms with Gasteiger partial charge in [0.25, 0.3) is 5.91 Å². The highest BCUT2D eigenvalue weighted by Gasteiger charge is 2.26. The van der Waals surface area contributed by atoms with Crippen LogP contribution in [0.25, 0.3) is 11.6 Å². The van der Waals surface area contributed by atoms with Crippen molar-refractivity contribution in [2.75, 3.05) is 19.5 Å². The van der Waals surface area contributed by atoms with Gasteiger partial charge in [0.15, 0.2) is 0 Å². The highest BCUT2D eigenvalue weighted by atomic mass is 16.5. The second-order valence-electron chi connectivity index (χ2n) is 7.81. The summed E-state index contributed by atoms with van der Waals surface area (Å²) in [7, 11) is 3.04. The molecule has 2 aromatic rings. The Labute approximate surface area is 171 Å². The van der Waals surface area contributed by atoms with Crippen LogP contribution >= 0.6 is 0 Å². The molecule has 152 valence electrons. The third-order valence-corrected chi connectivity index (χ3v) is 5.15. The van der Waals surface area contributed by atoms with E-state index in [2.05, 4.69) is 45.1 Å². The lowest BCUT2D eigenvalue weighted by Gasteiger charge is -2.19. The van der Waals surface area contributed by atoms with E-state index >= 15 is 0 Å². The molecule has 0 aliphatic carbocycles. The molecule has 0 bridgehead atoms. The van der Waals surface area contributed by atoms with Crippen LogP contribution in [0.4, 0.5) is 5.69 Å². The van der Waals surface area contributed by atoms with E-state index in [-0.39, 0.29) is 17.7 Å². The summed E-state index contributed by atoms with van der Waals surface area (Å²) in [5.74, 6) is 0.837. The largest absolute Gasteiger partial charge is 0.496 e. The zero-order valence-electron chi connectivity index (χ0n) is 17.8. The van der Waals surface area contributed by atoms with Gasteiger partial charge in [-0.2, -0.15) is 0 Å². The van der Waals surface area contributed by atoms with Crippen molar-refractivity contribution in [3.05, 3.63) is 58.1 Å². The summed E-state index contributed by atoms with van der Waals surface area (Å²) >= 11 is 0. The lowest BCUT2D eigenvalue weighted by atomic mass is 9.90. The van der Waals surface area contributed by atoms with E-state index < -0.39 is 5.97 Å². The fraction of sp³-hybridized carbons (Fsp3) is 0.333. The van der Waals surface area contributed by atoms with Crippen molar-refractivity contribution in [3.8, 4) is 5.75 Å². The number of anilines is 1. The van der Waals surface area contributed by atoms with Gasteiger partial charge in [-0.15, -0.1) is 0 Å². The Morgan fingerprint density at radius 3 is 2.14 bits per heavy atom. The number of carbonyl (C=O) groups is 2. The zero-order valence-corrected chi connectivity index (χ0v) is 17.8. The summed E-state index contributed by atoms with van der Waals surface area (Å²) < 4.78 is 10.5. The normalized spacial score (nSPS) is 14.3. The number of fused-ring (bicyclic) bond motifs is 1. The molecule has 1 aliphatic rings. The lowest BCUT2D eigenvalue weighted by Crippen LogP contribution is -2.04. The maximum Gasteiger partial charge on any atom is 0.337 e. The van der Waals surface area contributed by atoms with Crippen LogP contribution in [0.5, 0.6) is 5.75 Å². The Hall–Kier alpha value is -3.08. The number of carbonyl (C=O) groups excluding carboxylic acids is 2. The fourth-order valence-corrected chi connectivity index (χ4v) is 3.62. The number of nitrogens with one attached hydrogen (secondary N) is 1. The minimum Gasteiger partial charge on any atom is -0.496 e. The first kappa shape index (κ1) is 20.6. The first-order valence-corrected chi connectivity index (χ1v) is 9.74. The maximum atomic E-state index is 12.6. The van der Waals surface area contributed by atoms with E-state index in [0.717, 1.165) is 22.4 Å². The van der Waals surface area contributed by atoms with Crippen molar-refractivity contribution in [3.63, 3.8) is 0 Å². The average molecular weight is 393 g/mol. The first-order chi connectivity index (χ1) is 13.8. The van der Waals surface area contributed by atoms with Gasteiger partial charge < -0.3 is 14.8 Å². The summed E-state index contributed by atoms with van der Waals surface area (Å²) in [6.07, 6.45) is 1.87. The number of hydrogen-bond acceptors (Lipinski definition) is 4. The summed E-state index contributed by atoms with van der Waals surface area (Å²) in [6, 6.07) is 9.21. The minimum atomic E-state index is -0.430. The van der Waals surface area contributed by atoms with Gasteiger partial charge in [-0.1, -0.05) is 27.7 Å². The molecule has 29 heavy (non-hydrogen) atoms. The molecule has 0 unspecified atom stereocenters. The van der Waals surface area contributed by atoms with E-state index in [1.165, 1.54) is 7.11 Å². The van der Waals surface area contributed by atoms with Gasteiger partial charge in [0, 0.05) is 16.8 Å². The third kappa shape index (κ3) is 3.90. The Morgan fingerprint density at radius 2 is 1.62 bits per heavy atom. The Kier molecular flexibility index (Phi) is 5.78. The molecule has 1 aliphatic heterocycles. The van der Waals surface area contributed by atoms with Gasteiger partial charge in [-0.3, -0.25) is 4.79 Å². The molecule has 1 amide bonds. The predicted molar refractivity (Wildman–Crippen MR) is 115 cm³/mol. The fourth-order valence-electron chi connectivity index (χ4n) is 3.62. The van der Waals surface area contributed by atoms with E-state index in [1.807, 2.05) is 6.08 Å². The number of rotatable bonds is 5. The van der Waals surface area contributed by atoms with Crippen LogP contribution in [0.2, 0.25) is 0 Å². The van der Waals surface area contributed by atoms with Gasteiger partial charge in [-0.05, 0) is 64.9 Å². The van der Waals surface area contributed by atoms with Crippen molar-refractivity contribution in [2.45, 2.75) is 39.5 Å². The number of methoxy groups -OCH3 is 2. The van der Waals surface area contributed by atoms with Crippen LogP contribution in [-0.2, 0) is 9.53 Å². The molecule has 1 N–H and O–H groups in total. The van der Waals surface area contributed by atoms with E-state index in [4.69, 9.17) is 9.47 Å². The molecule has 0 fully saturated rings. The highest BCUT2D eigenvalue weighted by Crippen LogP contribution is 2.38. The number of esters is 1. The summed E-state index contributed by atoms with van der Waals surface area (Å²) in [5, 5.41) is 2.87. The van der Waals surface area contributed by atoms with Gasteiger partial charge in [0.1, 0.15) is 5.75 Å². The number of amides is 1. The summed E-state index contributed by atoms with van der Waals surface area (Å²) in [4.78, 5) is 24.5. The van der Waals surface area contributed by atoms with Crippen LogP contribution in [0.15, 0.2) is 30.3 Å². The molecule has 0 saturated heterocycles. The molecule has 5 heteroatoms. The zero-order chi connectivity index (χ0) is 21.3. The Balaban J connectivity index is 2.16. The molecule has 0 saturated carbocycles. The van der Waals surface area contributed by atoms with Crippen LogP contribution < -0.4 is 10.1 Å².